The Bertz CT molecular complexity index is 450. The predicted octanol–water partition coefficient (Wildman–Crippen LogP) is 2.35. The molecular formula is C11H11BrClNO3. The van der Waals surface area contributed by atoms with E-state index in [4.69, 9.17) is 11.6 Å². The molecule has 1 rings (SSSR count). The molecule has 1 amide bonds. The first-order chi connectivity index (χ1) is 7.97. The lowest BCUT2D eigenvalue weighted by atomic mass is 10.2. The molecular weight excluding hydrogens is 309 g/mol. The molecule has 92 valence electrons. The molecule has 0 bridgehead atoms. The van der Waals surface area contributed by atoms with Gasteiger partial charge < -0.3 is 9.64 Å². The zero-order valence-corrected chi connectivity index (χ0v) is 11.7. The number of hydrogen-bond acceptors (Lipinski definition) is 3. The number of halogens is 2. The van der Waals surface area contributed by atoms with Crippen LogP contribution in [0.3, 0.4) is 0 Å². The average molecular weight is 321 g/mol. The van der Waals surface area contributed by atoms with Crippen LogP contribution >= 0.6 is 27.5 Å². The van der Waals surface area contributed by atoms with Crippen molar-refractivity contribution in [3.8, 4) is 0 Å². The van der Waals surface area contributed by atoms with Crippen molar-refractivity contribution in [2.45, 2.75) is 0 Å². The Hall–Kier alpha value is -1.07. The summed E-state index contributed by atoms with van der Waals surface area (Å²) in [6.07, 6.45) is 0. The number of rotatable bonds is 3. The van der Waals surface area contributed by atoms with E-state index >= 15 is 0 Å². The number of ether oxygens (including phenoxy) is 1. The van der Waals surface area contributed by atoms with E-state index in [0.29, 0.717) is 15.1 Å². The van der Waals surface area contributed by atoms with Gasteiger partial charge in [0.15, 0.2) is 0 Å². The first kappa shape index (κ1) is 14.0. The molecule has 0 heterocycles. The third-order valence-corrected chi connectivity index (χ3v) is 3.42. The van der Waals surface area contributed by atoms with Gasteiger partial charge in [0, 0.05) is 11.5 Å². The molecule has 0 spiro atoms. The summed E-state index contributed by atoms with van der Waals surface area (Å²) < 4.78 is 5.12. The van der Waals surface area contributed by atoms with Gasteiger partial charge in [0.05, 0.1) is 17.7 Å². The lowest BCUT2D eigenvalue weighted by molar-refractivity contribution is -0.141. The van der Waals surface area contributed by atoms with Crippen molar-refractivity contribution >= 4 is 39.4 Å². The maximum Gasteiger partial charge on any atom is 0.325 e. The van der Waals surface area contributed by atoms with E-state index in [1.165, 1.54) is 19.1 Å². The van der Waals surface area contributed by atoms with Crippen molar-refractivity contribution < 1.29 is 14.3 Å². The third-order valence-electron chi connectivity index (χ3n) is 2.12. The van der Waals surface area contributed by atoms with Gasteiger partial charge in [0.25, 0.3) is 5.91 Å². The van der Waals surface area contributed by atoms with Crippen LogP contribution in [0.5, 0.6) is 0 Å². The highest BCUT2D eigenvalue weighted by atomic mass is 79.9. The number of hydrogen-bond donors (Lipinski definition) is 0. The molecule has 0 atom stereocenters. The molecule has 0 N–H and O–H groups in total. The molecule has 6 heteroatoms. The first-order valence-electron chi connectivity index (χ1n) is 4.73. The summed E-state index contributed by atoms with van der Waals surface area (Å²) >= 11 is 9.23. The molecule has 0 unspecified atom stereocenters. The van der Waals surface area contributed by atoms with Gasteiger partial charge in [-0.2, -0.15) is 0 Å². The highest BCUT2D eigenvalue weighted by molar-refractivity contribution is 9.10. The molecule has 0 fully saturated rings. The molecule has 0 aromatic heterocycles. The normalized spacial score (nSPS) is 9.88. The minimum absolute atomic E-state index is 0.113. The number of nitrogens with zero attached hydrogens (tertiary/aromatic N) is 1. The SMILES string of the molecule is COC(=O)CN(C)C(=O)c1cccc(Br)c1Cl. The Morgan fingerprint density at radius 2 is 2.12 bits per heavy atom. The number of esters is 1. The molecule has 1 aromatic rings. The average Bonchev–Trinajstić information content (AvgIpc) is 2.31. The summed E-state index contributed by atoms with van der Waals surface area (Å²) in [6.45, 7) is -0.113. The zero-order valence-electron chi connectivity index (χ0n) is 9.37. The number of benzene rings is 1. The first-order valence-corrected chi connectivity index (χ1v) is 5.90. The molecule has 0 radical (unpaired) electrons. The number of carbonyl (C=O) groups is 2. The molecule has 1 aromatic carbocycles. The van der Waals surface area contributed by atoms with Gasteiger partial charge in [-0.1, -0.05) is 17.7 Å². The van der Waals surface area contributed by atoms with Gasteiger partial charge in [-0.25, -0.2) is 0 Å². The van der Waals surface area contributed by atoms with Crippen molar-refractivity contribution in [3.63, 3.8) is 0 Å². The zero-order chi connectivity index (χ0) is 13.0. The number of carbonyl (C=O) groups excluding carboxylic acids is 2. The largest absolute Gasteiger partial charge is 0.468 e. The van der Waals surface area contributed by atoms with Crippen LogP contribution in [-0.2, 0) is 9.53 Å². The van der Waals surface area contributed by atoms with E-state index in [9.17, 15) is 9.59 Å². The standard InChI is InChI=1S/C11H11BrClNO3/c1-14(6-9(15)17-2)11(16)7-4-3-5-8(12)10(7)13/h3-5H,6H2,1-2H3. The molecule has 0 aliphatic rings. The van der Waals surface area contributed by atoms with Crippen LogP contribution in [0, 0.1) is 0 Å². The second-order valence-electron chi connectivity index (χ2n) is 3.34. The Kier molecular flexibility index (Phi) is 4.96. The summed E-state index contributed by atoms with van der Waals surface area (Å²) in [5.41, 5.74) is 0.340. The van der Waals surface area contributed by atoms with Crippen LogP contribution in [0.2, 0.25) is 5.02 Å². The van der Waals surface area contributed by atoms with Gasteiger partial charge in [-0.3, -0.25) is 9.59 Å². The van der Waals surface area contributed by atoms with Gasteiger partial charge >= 0.3 is 5.97 Å². The van der Waals surface area contributed by atoms with Crippen molar-refractivity contribution in [1.82, 2.24) is 4.90 Å². The summed E-state index contributed by atoms with van der Waals surface area (Å²) in [6, 6.07) is 5.04. The van der Waals surface area contributed by atoms with E-state index < -0.39 is 5.97 Å². The molecule has 0 aliphatic heterocycles. The van der Waals surface area contributed by atoms with Gasteiger partial charge in [0.2, 0.25) is 0 Å². The van der Waals surface area contributed by atoms with Crippen molar-refractivity contribution in [1.29, 1.82) is 0 Å². The maximum absolute atomic E-state index is 12.0. The number of likely N-dealkylation sites (N-methyl/N-ethyl adjacent to an activating group) is 1. The van der Waals surface area contributed by atoms with E-state index in [1.807, 2.05) is 0 Å². The maximum atomic E-state index is 12.0. The second-order valence-corrected chi connectivity index (χ2v) is 4.57. The summed E-state index contributed by atoms with van der Waals surface area (Å²) in [7, 11) is 2.78. The number of amides is 1. The minimum atomic E-state index is -0.480. The summed E-state index contributed by atoms with van der Waals surface area (Å²) in [5.74, 6) is -0.811. The highest BCUT2D eigenvalue weighted by Gasteiger charge is 2.18. The Balaban J connectivity index is 2.89. The van der Waals surface area contributed by atoms with Crippen molar-refractivity contribution in [2.75, 3.05) is 20.7 Å². The lowest BCUT2D eigenvalue weighted by Gasteiger charge is -2.16. The fourth-order valence-electron chi connectivity index (χ4n) is 1.20. The van der Waals surface area contributed by atoms with Crippen LogP contribution in [0.1, 0.15) is 10.4 Å². The van der Waals surface area contributed by atoms with Crippen LogP contribution in [0.25, 0.3) is 0 Å². The van der Waals surface area contributed by atoms with E-state index in [1.54, 1.807) is 18.2 Å². The smallest absolute Gasteiger partial charge is 0.325 e. The molecule has 17 heavy (non-hydrogen) atoms. The van der Waals surface area contributed by atoms with Crippen LogP contribution < -0.4 is 0 Å². The van der Waals surface area contributed by atoms with Gasteiger partial charge in [-0.15, -0.1) is 0 Å². The number of methoxy groups -OCH3 is 1. The lowest BCUT2D eigenvalue weighted by Crippen LogP contribution is -2.32. The molecule has 0 saturated carbocycles. The Morgan fingerprint density at radius 1 is 1.47 bits per heavy atom. The van der Waals surface area contributed by atoms with Gasteiger partial charge in [-0.05, 0) is 28.1 Å². The predicted molar refractivity (Wildman–Crippen MR) is 68.1 cm³/mol. The monoisotopic (exact) mass is 319 g/mol. The highest BCUT2D eigenvalue weighted by Crippen LogP contribution is 2.26. The van der Waals surface area contributed by atoms with Crippen LogP contribution in [0.4, 0.5) is 0 Å². The van der Waals surface area contributed by atoms with E-state index in [0.717, 1.165) is 0 Å². The quantitative estimate of drug-likeness (QED) is 0.803. The Labute approximate surface area is 113 Å². The molecule has 0 saturated heterocycles. The van der Waals surface area contributed by atoms with E-state index in [2.05, 4.69) is 20.7 Å². The van der Waals surface area contributed by atoms with Gasteiger partial charge in [0.1, 0.15) is 6.54 Å². The van der Waals surface area contributed by atoms with E-state index in [-0.39, 0.29) is 12.5 Å². The van der Waals surface area contributed by atoms with Crippen LogP contribution in [-0.4, -0.2) is 37.5 Å². The molecule has 0 aliphatic carbocycles. The fraction of sp³-hybridized carbons (Fsp3) is 0.273. The summed E-state index contributed by atoms with van der Waals surface area (Å²) in [5, 5.41) is 0.328. The van der Waals surface area contributed by atoms with Crippen molar-refractivity contribution in [2.24, 2.45) is 0 Å². The topological polar surface area (TPSA) is 46.6 Å². The Morgan fingerprint density at radius 3 is 2.71 bits per heavy atom. The fourth-order valence-corrected chi connectivity index (χ4v) is 1.78. The summed E-state index contributed by atoms with van der Waals surface area (Å²) in [4.78, 5) is 24.3. The van der Waals surface area contributed by atoms with Crippen molar-refractivity contribution in [3.05, 3.63) is 33.3 Å². The minimum Gasteiger partial charge on any atom is -0.468 e. The van der Waals surface area contributed by atoms with Crippen LogP contribution in [0.15, 0.2) is 22.7 Å². The third kappa shape index (κ3) is 3.44. The second kappa shape index (κ2) is 6.02. The molecule has 4 nitrogen and oxygen atoms in total.